The molecule has 3 rings (SSSR count). The molecule has 0 atom stereocenters. The van der Waals surface area contributed by atoms with Crippen molar-refractivity contribution in [3.8, 4) is 28.7 Å². The lowest BCUT2D eigenvalue weighted by atomic mass is 10.1. The quantitative estimate of drug-likeness (QED) is 0.789. The highest BCUT2D eigenvalue weighted by molar-refractivity contribution is 5.89. The SMILES string of the molecule is COc1ccc(C(=O)O)cc1-c1nc(-c2ccccn2)no1. The molecule has 7 heteroatoms. The minimum atomic E-state index is -1.05. The summed E-state index contributed by atoms with van der Waals surface area (Å²) < 4.78 is 10.4. The van der Waals surface area contributed by atoms with Gasteiger partial charge in [-0.1, -0.05) is 11.2 Å². The zero-order valence-electron chi connectivity index (χ0n) is 11.6. The summed E-state index contributed by atoms with van der Waals surface area (Å²) >= 11 is 0. The number of methoxy groups -OCH3 is 1. The van der Waals surface area contributed by atoms with Crippen LogP contribution >= 0.6 is 0 Å². The predicted molar refractivity (Wildman–Crippen MR) is 76.5 cm³/mol. The van der Waals surface area contributed by atoms with Crippen molar-refractivity contribution in [1.29, 1.82) is 0 Å². The van der Waals surface area contributed by atoms with Gasteiger partial charge in [0.05, 0.1) is 18.2 Å². The number of carboxylic acid groups (broad SMARTS) is 1. The van der Waals surface area contributed by atoms with Gasteiger partial charge >= 0.3 is 5.97 Å². The van der Waals surface area contributed by atoms with E-state index in [1.165, 1.54) is 19.2 Å². The number of aromatic carboxylic acids is 1. The van der Waals surface area contributed by atoms with E-state index in [-0.39, 0.29) is 11.5 Å². The number of carbonyl (C=O) groups is 1. The molecule has 0 amide bonds. The van der Waals surface area contributed by atoms with E-state index in [2.05, 4.69) is 15.1 Å². The smallest absolute Gasteiger partial charge is 0.335 e. The lowest BCUT2D eigenvalue weighted by Crippen LogP contribution is -1.98. The predicted octanol–water partition coefficient (Wildman–Crippen LogP) is 2.51. The van der Waals surface area contributed by atoms with Gasteiger partial charge in [-0.3, -0.25) is 4.98 Å². The fourth-order valence-electron chi connectivity index (χ4n) is 1.94. The molecule has 22 heavy (non-hydrogen) atoms. The Labute approximate surface area is 125 Å². The number of nitrogens with zero attached hydrogens (tertiary/aromatic N) is 3. The molecule has 0 aliphatic heterocycles. The molecular formula is C15H11N3O4. The number of hydrogen-bond donors (Lipinski definition) is 1. The molecule has 0 aliphatic rings. The van der Waals surface area contributed by atoms with Crippen LogP contribution in [0.4, 0.5) is 0 Å². The summed E-state index contributed by atoms with van der Waals surface area (Å²) in [6.45, 7) is 0. The van der Waals surface area contributed by atoms with Gasteiger partial charge in [-0.2, -0.15) is 4.98 Å². The summed E-state index contributed by atoms with van der Waals surface area (Å²) in [5.74, 6) is -0.117. The number of aromatic nitrogens is 3. The van der Waals surface area contributed by atoms with Crippen molar-refractivity contribution in [3.05, 3.63) is 48.2 Å². The topological polar surface area (TPSA) is 98.3 Å². The number of ether oxygens (including phenoxy) is 1. The molecular weight excluding hydrogens is 286 g/mol. The first-order valence-electron chi connectivity index (χ1n) is 6.36. The molecule has 2 heterocycles. The lowest BCUT2D eigenvalue weighted by molar-refractivity contribution is 0.0697. The molecule has 2 aromatic heterocycles. The first-order chi connectivity index (χ1) is 10.7. The van der Waals surface area contributed by atoms with Crippen LogP contribution in [-0.4, -0.2) is 33.3 Å². The Morgan fingerprint density at radius 2 is 2.14 bits per heavy atom. The van der Waals surface area contributed by atoms with Crippen molar-refractivity contribution in [1.82, 2.24) is 15.1 Å². The van der Waals surface area contributed by atoms with Gasteiger partial charge in [-0.25, -0.2) is 4.79 Å². The van der Waals surface area contributed by atoms with Gasteiger partial charge in [-0.15, -0.1) is 0 Å². The molecule has 0 saturated heterocycles. The molecule has 0 radical (unpaired) electrons. The number of carboxylic acids is 1. The van der Waals surface area contributed by atoms with Gasteiger partial charge in [0.25, 0.3) is 5.89 Å². The summed E-state index contributed by atoms with van der Waals surface area (Å²) in [6.07, 6.45) is 1.62. The van der Waals surface area contributed by atoms with Gasteiger partial charge in [0, 0.05) is 6.20 Å². The van der Waals surface area contributed by atoms with Crippen molar-refractivity contribution in [2.45, 2.75) is 0 Å². The van der Waals surface area contributed by atoms with Gasteiger partial charge in [0.2, 0.25) is 5.82 Å². The van der Waals surface area contributed by atoms with E-state index in [0.717, 1.165) is 0 Å². The molecule has 0 unspecified atom stereocenters. The highest BCUT2D eigenvalue weighted by atomic mass is 16.5. The molecule has 0 aliphatic carbocycles. The van der Waals surface area contributed by atoms with Gasteiger partial charge < -0.3 is 14.4 Å². The van der Waals surface area contributed by atoms with E-state index in [9.17, 15) is 4.79 Å². The van der Waals surface area contributed by atoms with Gasteiger partial charge in [0.15, 0.2) is 0 Å². The Bertz CT molecular complexity index is 815. The molecule has 0 spiro atoms. The fraction of sp³-hybridized carbons (Fsp3) is 0.0667. The first kappa shape index (κ1) is 13.7. The zero-order valence-corrected chi connectivity index (χ0v) is 11.6. The van der Waals surface area contributed by atoms with E-state index in [4.69, 9.17) is 14.4 Å². The molecule has 1 aromatic carbocycles. The number of hydrogen-bond acceptors (Lipinski definition) is 6. The molecule has 0 saturated carbocycles. The van der Waals surface area contributed by atoms with Crippen molar-refractivity contribution in [3.63, 3.8) is 0 Å². The Balaban J connectivity index is 2.06. The standard InChI is InChI=1S/C15H11N3O4/c1-21-12-6-5-9(15(19)20)8-10(12)14-17-13(18-22-14)11-4-2-3-7-16-11/h2-8H,1H3,(H,19,20). The Morgan fingerprint density at radius 3 is 2.82 bits per heavy atom. The van der Waals surface area contributed by atoms with Crippen molar-refractivity contribution in [2.24, 2.45) is 0 Å². The molecule has 3 aromatic rings. The average molecular weight is 297 g/mol. The van der Waals surface area contributed by atoms with Crippen molar-refractivity contribution >= 4 is 5.97 Å². The van der Waals surface area contributed by atoms with E-state index in [1.807, 2.05) is 6.07 Å². The van der Waals surface area contributed by atoms with Crippen LogP contribution in [0.1, 0.15) is 10.4 Å². The maximum absolute atomic E-state index is 11.1. The van der Waals surface area contributed by atoms with E-state index >= 15 is 0 Å². The van der Waals surface area contributed by atoms with E-state index in [0.29, 0.717) is 22.8 Å². The molecule has 7 nitrogen and oxygen atoms in total. The van der Waals surface area contributed by atoms with E-state index in [1.54, 1.807) is 24.4 Å². The third-order valence-electron chi connectivity index (χ3n) is 3.00. The van der Waals surface area contributed by atoms with Crippen LogP contribution in [0.2, 0.25) is 0 Å². The van der Waals surface area contributed by atoms with Crippen LogP contribution in [0.5, 0.6) is 5.75 Å². The average Bonchev–Trinajstić information content (AvgIpc) is 3.05. The maximum Gasteiger partial charge on any atom is 0.335 e. The van der Waals surface area contributed by atoms with Crippen LogP contribution in [0.15, 0.2) is 47.1 Å². The number of rotatable bonds is 4. The summed E-state index contributed by atoms with van der Waals surface area (Å²) in [5, 5.41) is 12.9. The highest BCUT2D eigenvalue weighted by Gasteiger charge is 2.17. The second kappa shape index (κ2) is 5.65. The summed E-state index contributed by atoms with van der Waals surface area (Å²) in [4.78, 5) is 19.5. The molecule has 0 bridgehead atoms. The number of pyridine rings is 1. The van der Waals surface area contributed by atoms with Gasteiger partial charge in [-0.05, 0) is 30.3 Å². The molecule has 1 N–H and O–H groups in total. The van der Waals surface area contributed by atoms with Crippen molar-refractivity contribution in [2.75, 3.05) is 7.11 Å². The second-order valence-electron chi connectivity index (χ2n) is 4.36. The Kier molecular flexibility index (Phi) is 3.53. The normalized spacial score (nSPS) is 10.4. The van der Waals surface area contributed by atoms with Gasteiger partial charge in [0.1, 0.15) is 11.4 Å². The largest absolute Gasteiger partial charge is 0.496 e. The number of benzene rings is 1. The lowest BCUT2D eigenvalue weighted by Gasteiger charge is -2.05. The monoisotopic (exact) mass is 297 g/mol. The zero-order chi connectivity index (χ0) is 15.5. The first-order valence-corrected chi connectivity index (χ1v) is 6.36. The molecule has 0 fully saturated rings. The maximum atomic E-state index is 11.1. The van der Waals surface area contributed by atoms with E-state index < -0.39 is 5.97 Å². The Morgan fingerprint density at radius 1 is 1.27 bits per heavy atom. The highest BCUT2D eigenvalue weighted by Crippen LogP contribution is 2.30. The summed E-state index contributed by atoms with van der Waals surface area (Å²) in [5.41, 5.74) is 1.08. The van der Waals surface area contributed by atoms with Crippen molar-refractivity contribution < 1.29 is 19.2 Å². The minimum absolute atomic E-state index is 0.105. The fourth-order valence-corrected chi connectivity index (χ4v) is 1.94. The summed E-state index contributed by atoms with van der Waals surface area (Å²) in [7, 11) is 1.48. The van der Waals surface area contributed by atoms with Crippen LogP contribution in [0.25, 0.3) is 23.0 Å². The summed E-state index contributed by atoms with van der Waals surface area (Å²) in [6, 6.07) is 9.76. The van der Waals surface area contributed by atoms with Crippen LogP contribution < -0.4 is 4.74 Å². The van der Waals surface area contributed by atoms with Crippen LogP contribution in [0, 0.1) is 0 Å². The minimum Gasteiger partial charge on any atom is -0.496 e. The van der Waals surface area contributed by atoms with Crippen LogP contribution in [-0.2, 0) is 0 Å². The second-order valence-corrected chi connectivity index (χ2v) is 4.36. The molecule has 110 valence electrons. The third-order valence-corrected chi connectivity index (χ3v) is 3.00. The third kappa shape index (κ3) is 2.51. The Hall–Kier alpha value is -3.22. The van der Waals surface area contributed by atoms with Crippen LogP contribution in [0.3, 0.4) is 0 Å².